The van der Waals surface area contributed by atoms with E-state index in [1.807, 2.05) is 32.6 Å². The van der Waals surface area contributed by atoms with Crippen LogP contribution >= 0.6 is 11.6 Å². The summed E-state index contributed by atoms with van der Waals surface area (Å²) < 4.78 is 56.4. The van der Waals surface area contributed by atoms with Gasteiger partial charge >= 0.3 is 17.8 Å². The minimum absolute atomic E-state index is 0.0248. The van der Waals surface area contributed by atoms with E-state index >= 15 is 4.39 Å². The van der Waals surface area contributed by atoms with Gasteiger partial charge in [-0.3, -0.25) is 14.6 Å². The molecule has 0 saturated carbocycles. The number of hydrogen-bond acceptors (Lipinski definition) is 7. The van der Waals surface area contributed by atoms with Gasteiger partial charge in [0.15, 0.2) is 5.65 Å². The number of hydrogen-bond donors (Lipinski definition) is 1. The number of alkyl halides is 3. The number of aromatic nitrogens is 4. The molecule has 5 rings (SSSR count). The number of benzene rings is 1. The van der Waals surface area contributed by atoms with Gasteiger partial charge in [-0.25, -0.2) is 18.7 Å². The molecular formula is C33H32ClF4N7O3. The molecule has 1 aromatic carbocycles. The number of pyridine rings is 2. The number of amides is 2. The highest BCUT2D eigenvalue weighted by atomic mass is 35.5. The van der Waals surface area contributed by atoms with Crippen LogP contribution in [0.1, 0.15) is 44.9 Å². The first-order chi connectivity index (χ1) is 22.5. The first-order valence-electron chi connectivity index (χ1n) is 15.0. The van der Waals surface area contributed by atoms with Crippen molar-refractivity contribution >= 4 is 46.0 Å². The first-order valence-corrected chi connectivity index (χ1v) is 15.4. The van der Waals surface area contributed by atoms with E-state index in [9.17, 15) is 27.6 Å². The molecule has 1 fully saturated rings. The third kappa shape index (κ3) is 6.23. The van der Waals surface area contributed by atoms with Gasteiger partial charge in [-0.2, -0.15) is 18.2 Å². The van der Waals surface area contributed by atoms with Crippen LogP contribution in [0.4, 0.5) is 29.1 Å². The summed E-state index contributed by atoms with van der Waals surface area (Å²) in [5, 5.41) is 1.80. The van der Waals surface area contributed by atoms with Gasteiger partial charge in [-0.1, -0.05) is 38.1 Å². The average molecular weight is 686 g/mol. The van der Waals surface area contributed by atoms with Crippen LogP contribution < -0.4 is 15.9 Å². The number of aryl methyl sites for hydroxylation is 1. The van der Waals surface area contributed by atoms with Gasteiger partial charge < -0.3 is 15.1 Å². The highest BCUT2D eigenvalue weighted by Gasteiger charge is 2.39. The van der Waals surface area contributed by atoms with E-state index in [1.165, 1.54) is 16.7 Å². The molecule has 4 heterocycles. The molecule has 2 amide bonds. The Balaban J connectivity index is 1.84. The second-order valence-electron chi connectivity index (χ2n) is 11.9. The molecule has 0 bridgehead atoms. The Kier molecular flexibility index (Phi) is 9.33. The number of nitrogens with one attached hydrogen (secondary N) is 1. The quantitative estimate of drug-likeness (QED) is 0.191. The SMILES string of the molecule is C=CC(=O)N1CC(C)N(c2nc(=O)n(-c3c(C)ccnc3C(C)C)c3nc(-c4c(F)cccc4NC(=O)C(F)(F)F)c(Cl)cc23)CC1C. The number of anilines is 2. The molecule has 2 atom stereocenters. The molecule has 252 valence electrons. The van der Waals surface area contributed by atoms with Crippen LogP contribution in [0.2, 0.25) is 5.02 Å². The number of fused-ring (bicyclic) bond motifs is 1. The Morgan fingerprint density at radius 1 is 1.12 bits per heavy atom. The Morgan fingerprint density at radius 2 is 1.83 bits per heavy atom. The zero-order valence-electron chi connectivity index (χ0n) is 26.7. The van der Waals surface area contributed by atoms with Gasteiger partial charge in [0.2, 0.25) is 5.91 Å². The van der Waals surface area contributed by atoms with Gasteiger partial charge in [0.1, 0.15) is 11.6 Å². The first kappa shape index (κ1) is 34.5. The Hall–Kier alpha value is -4.85. The molecule has 0 radical (unpaired) electrons. The van der Waals surface area contributed by atoms with Crippen molar-refractivity contribution in [1.82, 2.24) is 24.4 Å². The predicted octanol–water partition coefficient (Wildman–Crippen LogP) is 6.18. The lowest BCUT2D eigenvalue weighted by Gasteiger charge is -2.44. The van der Waals surface area contributed by atoms with Crippen molar-refractivity contribution in [1.29, 1.82) is 0 Å². The zero-order chi connectivity index (χ0) is 35.2. The van der Waals surface area contributed by atoms with Crippen LogP contribution in [0.5, 0.6) is 0 Å². The van der Waals surface area contributed by atoms with E-state index in [0.29, 0.717) is 16.9 Å². The van der Waals surface area contributed by atoms with Gasteiger partial charge in [-0.15, -0.1) is 0 Å². The van der Waals surface area contributed by atoms with Gasteiger partial charge in [0.25, 0.3) is 0 Å². The number of piperazine rings is 1. The minimum Gasteiger partial charge on any atom is -0.349 e. The second-order valence-corrected chi connectivity index (χ2v) is 12.3. The van der Waals surface area contributed by atoms with Crippen molar-refractivity contribution in [3.8, 4) is 16.9 Å². The third-order valence-corrected chi connectivity index (χ3v) is 8.49. The molecule has 4 aromatic rings. The maximum atomic E-state index is 15.5. The van der Waals surface area contributed by atoms with Crippen LogP contribution in [0.15, 0.2) is 54.0 Å². The van der Waals surface area contributed by atoms with E-state index < -0.39 is 34.8 Å². The molecule has 3 aromatic heterocycles. The molecule has 2 unspecified atom stereocenters. The molecule has 15 heteroatoms. The number of carbonyl (C=O) groups excluding carboxylic acids is 2. The second kappa shape index (κ2) is 13.0. The summed E-state index contributed by atoms with van der Waals surface area (Å²) >= 11 is 6.74. The lowest BCUT2D eigenvalue weighted by atomic mass is 10.0. The fourth-order valence-electron chi connectivity index (χ4n) is 5.89. The molecular weight excluding hydrogens is 654 g/mol. The van der Waals surface area contributed by atoms with Crippen molar-refractivity contribution in [3.05, 3.63) is 81.8 Å². The molecule has 10 nitrogen and oxygen atoms in total. The Morgan fingerprint density at radius 3 is 2.48 bits per heavy atom. The molecule has 0 spiro atoms. The summed E-state index contributed by atoms with van der Waals surface area (Å²) in [6.07, 6.45) is -2.43. The molecule has 1 aliphatic heterocycles. The maximum Gasteiger partial charge on any atom is 0.471 e. The fraction of sp³-hybridized carbons (Fsp3) is 0.333. The minimum atomic E-state index is -5.26. The third-order valence-electron chi connectivity index (χ3n) is 8.20. The topological polar surface area (TPSA) is 113 Å². The van der Waals surface area contributed by atoms with E-state index in [4.69, 9.17) is 11.6 Å². The molecule has 0 aliphatic carbocycles. The van der Waals surface area contributed by atoms with Gasteiger partial charge in [0.05, 0.1) is 38.7 Å². The summed E-state index contributed by atoms with van der Waals surface area (Å²) in [6.45, 7) is 13.4. The monoisotopic (exact) mass is 685 g/mol. The van der Waals surface area contributed by atoms with Crippen molar-refractivity contribution in [3.63, 3.8) is 0 Å². The highest BCUT2D eigenvalue weighted by molar-refractivity contribution is 6.34. The summed E-state index contributed by atoms with van der Waals surface area (Å²) in [7, 11) is 0. The lowest BCUT2D eigenvalue weighted by Crippen LogP contribution is -2.58. The van der Waals surface area contributed by atoms with Gasteiger partial charge in [0, 0.05) is 31.4 Å². The van der Waals surface area contributed by atoms with Gasteiger partial charge in [-0.05, 0) is 62.6 Å². The van der Waals surface area contributed by atoms with Crippen LogP contribution in [-0.2, 0) is 9.59 Å². The maximum absolute atomic E-state index is 15.5. The molecule has 1 aliphatic rings. The fourth-order valence-corrected chi connectivity index (χ4v) is 6.14. The van der Waals surface area contributed by atoms with Crippen molar-refractivity contribution in [2.45, 2.75) is 58.8 Å². The highest BCUT2D eigenvalue weighted by Crippen LogP contribution is 2.39. The predicted molar refractivity (Wildman–Crippen MR) is 175 cm³/mol. The summed E-state index contributed by atoms with van der Waals surface area (Å²) in [5.74, 6) is -3.55. The standard InChI is InChI=1S/C33H32ClF4N7O3/c1-7-24(46)43-14-19(6)44(15-18(43)5)29-20-13-21(34)27(25-22(35)9-8-10-23(25)40-31(47)33(36,37)38)41-30(20)45(32(48)42-29)28-17(4)11-12-39-26(28)16(2)3/h7-13,16,18-19H,1,14-15H2,2-6H3,(H,40,47). The smallest absolute Gasteiger partial charge is 0.349 e. The van der Waals surface area contributed by atoms with Crippen molar-refractivity contribution in [2.24, 2.45) is 0 Å². The van der Waals surface area contributed by atoms with Crippen molar-refractivity contribution < 1.29 is 27.2 Å². The number of halogens is 5. The van der Waals surface area contributed by atoms with E-state index in [0.717, 1.165) is 18.2 Å². The number of nitrogens with zero attached hydrogens (tertiary/aromatic N) is 6. The van der Waals surface area contributed by atoms with Crippen molar-refractivity contribution in [2.75, 3.05) is 23.3 Å². The van der Waals surface area contributed by atoms with E-state index in [-0.39, 0.29) is 64.6 Å². The van der Waals surface area contributed by atoms with E-state index in [2.05, 4.69) is 21.5 Å². The van der Waals surface area contributed by atoms with Crippen LogP contribution in [0.3, 0.4) is 0 Å². The van der Waals surface area contributed by atoms with Crippen LogP contribution in [0, 0.1) is 12.7 Å². The summed E-state index contributed by atoms with van der Waals surface area (Å²) in [6, 6.07) is 5.68. The van der Waals surface area contributed by atoms with E-state index in [1.54, 1.807) is 29.4 Å². The molecule has 1 N–H and O–H groups in total. The number of rotatable bonds is 6. The zero-order valence-corrected chi connectivity index (χ0v) is 27.4. The Bertz CT molecular complexity index is 2010. The Labute approximate surface area is 278 Å². The lowest BCUT2D eigenvalue weighted by molar-refractivity contribution is -0.167. The van der Waals surface area contributed by atoms with Crippen LogP contribution in [0.25, 0.3) is 28.0 Å². The average Bonchev–Trinajstić information content (AvgIpc) is 3.01. The summed E-state index contributed by atoms with van der Waals surface area (Å²) in [5.41, 5.74) is -0.570. The summed E-state index contributed by atoms with van der Waals surface area (Å²) in [4.78, 5) is 55.7. The normalized spacial score (nSPS) is 16.8. The molecule has 1 saturated heterocycles. The number of carbonyl (C=O) groups is 2. The largest absolute Gasteiger partial charge is 0.471 e. The van der Waals surface area contributed by atoms with Crippen LogP contribution in [-0.4, -0.2) is 67.6 Å². The molecule has 48 heavy (non-hydrogen) atoms.